The zero-order valence-electron chi connectivity index (χ0n) is 10.6. The second kappa shape index (κ2) is 10.6. The highest BCUT2D eigenvalue weighted by Crippen LogP contribution is 2.04. The van der Waals surface area contributed by atoms with Crippen LogP contribution in [0.5, 0.6) is 0 Å². The van der Waals surface area contributed by atoms with Gasteiger partial charge in [-0.05, 0) is 19.9 Å². The van der Waals surface area contributed by atoms with Gasteiger partial charge in [-0.2, -0.15) is 0 Å². The van der Waals surface area contributed by atoms with Crippen LogP contribution in [0.3, 0.4) is 0 Å². The molecule has 0 aliphatic rings. The molecule has 0 bridgehead atoms. The van der Waals surface area contributed by atoms with E-state index in [1.54, 1.807) is 6.26 Å². The largest absolute Gasteiger partial charge is 0.316 e. The van der Waals surface area contributed by atoms with Gasteiger partial charge in [0.2, 0.25) is 0 Å². The molecule has 1 N–H and O–H groups in total. The van der Waals surface area contributed by atoms with Gasteiger partial charge in [0.25, 0.3) is 0 Å². The van der Waals surface area contributed by atoms with Gasteiger partial charge in [0.15, 0.2) is 0 Å². The monoisotopic (exact) mass is 233 g/mol. The van der Waals surface area contributed by atoms with Crippen molar-refractivity contribution in [2.24, 2.45) is 0 Å². The molecule has 0 heterocycles. The summed E-state index contributed by atoms with van der Waals surface area (Å²) in [4.78, 5) is 0. The second-order valence-electron chi connectivity index (χ2n) is 4.28. The van der Waals surface area contributed by atoms with Gasteiger partial charge >= 0.3 is 0 Å². The molecule has 0 saturated heterocycles. The number of rotatable bonds is 10. The molecule has 2 atom stereocenters. The topological polar surface area (TPSA) is 29.1 Å². The molecule has 0 aromatic heterocycles. The number of hydrogen-bond donors (Lipinski definition) is 1. The van der Waals surface area contributed by atoms with Crippen molar-refractivity contribution in [1.29, 1.82) is 0 Å². The van der Waals surface area contributed by atoms with Crippen LogP contribution in [0.15, 0.2) is 0 Å². The van der Waals surface area contributed by atoms with Crippen LogP contribution < -0.4 is 5.32 Å². The quantitative estimate of drug-likeness (QED) is 0.588. The summed E-state index contributed by atoms with van der Waals surface area (Å²) in [5.74, 6) is 0. The molecule has 0 aromatic carbocycles. The first-order valence-electron chi connectivity index (χ1n) is 6.21. The fourth-order valence-electron chi connectivity index (χ4n) is 1.45. The van der Waals surface area contributed by atoms with E-state index in [0.29, 0.717) is 0 Å². The van der Waals surface area contributed by atoms with Crippen LogP contribution in [0.1, 0.15) is 52.4 Å². The third kappa shape index (κ3) is 10.4. The fourth-order valence-corrected chi connectivity index (χ4v) is 1.81. The molecular weight excluding hydrogens is 206 g/mol. The molecule has 0 aliphatic carbocycles. The Kier molecular flexibility index (Phi) is 10.7. The molecule has 0 aliphatic heterocycles. The van der Waals surface area contributed by atoms with E-state index < -0.39 is 10.8 Å². The average Bonchev–Trinajstić information content (AvgIpc) is 2.21. The summed E-state index contributed by atoms with van der Waals surface area (Å²) in [6.07, 6.45) is 9.80. The van der Waals surface area contributed by atoms with Crippen LogP contribution in [0.4, 0.5) is 0 Å². The first-order valence-corrected chi connectivity index (χ1v) is 7.83. The number of nitrogens with one attached hydrogen (secondary N) is 1. The van der Waals surface area contributed by atoms with Gasteiger partial charge in [-0.1, -0.05) is 39.0 Å². The minimum atomic E-state index is -0.684. The lowest BCUT2D eigenvalue weighted by atomic mass is 10.1. The predicted octanol–water partition coefficient (Wildman–Crippen LogP) is 2.70. The van der Waals surface area contributed by atoms with E-state index >= 15 is 0 Å². The maximum Gasteiger partial charge on any atom is 0.0441 e. The van der Waals surface area contributed by atoms with Gasteiger partial charge in [0.05, 0.1) is 0 Å². The lowest BCUT2D eigenvalue weighted by Gasteiger charge is -2.09. The summed E-state index contributed by atoms with van der Waals surface area (Å²) in [7, 11) is -0.684. The van der Waals surface area contributed by atoms with Crippen molar-refractivity contribution in [1.82, 2.24) is 5.32 Å². The highest BCUT2D eigenvalue weighted by molar-refractivity contribution is 7.84. The van der Waals surface area contributed by atoms with E-state index in [4.69, 9.17) is 0 Å². The van der Waals surface area contributed by atoms with Crippen molar-refractivity contribution >= 4 is 10.8 Å². The van der Waals surface area contributed by atoms with Gasteiger partial charge in [-0.15, -0.1) is 0 Å². The molecule has 0 spiro atoms. The second-order valence-corrected chi connectivity index (χ2v) is 6.08. The SMILES string of the molecule is CCCCCCCCNCC(C)S(C)=O. The summed E-state index contributed by atoms with van der Waals surface area (Å²) in [5, 5.41) is 3.65. The van der Waals surface area contributed by atoms with E-state index in [1.165, 1.54) is 38.5 Å². The molecule has 0 radical (unpaired) electrons. The highest BCUT2D eigenvalue weighted by Gasteiger charge is 2.03. The van der Waals surface area contributed by atoms with Gasteiger partial charge < -0.3 is 5.32 Å². The minimum Gasteiger partial charge on any atom is -0.316 e. The van der Waals surface area contributed by atoms with Crippen molar-refractivity contribution < 1.29 is 4.21 Å². The fraction of sp³-hybridized carbons (Fsp3) is 1.00. The Morgan fingerprint density at radius 1 is 1.13 bits per heavy atom. The molecule has 2 nitrogen and oxygen atoms in total. The Bertz CT molecular complexity index is 162. The summed E-state index contributed by atoms with van der Waals surface area (Å²) < 4.78 is 11.1. The Morgan fingerprint density at radius 2 is 1.73 bits per heavy atom. The number of hydrogen-bond acceptors (Lipinski definition) is 2. The van der Waals surface area contributed by atoms with E-state index in [-0.39, 0.29) is 5.25 Å². The Hall–Kier alpha value is 0.110. The smallest absolute Gasteiger partial charge is 0.0441 e. The van der Waals surface area contributed by atoms with E-state index in [1.807, 2.05) is 6.92 Å². The maximum atomic E-state index is 11.1. The van der Waals surface area contributed by atoms with Crippen molar-refractivity contribution in [3.8, 4) is 0 Å². The predicted molar refractivity (Wildman–Crippen MR) is 69.8 cm³/mol. The first kappa shape index (κ1) is 15.1. The molecule has 3 heteroatoms. The molecule has 2 unspecified atom stereocenters. The average molecular weight is 233 g/mol. The van der Waals surface area contributed by atoms with Crippen molar-refractivity contribution in [2.45, 2.75) is 57.6 Å². The summed E-state index contributed by atoms with van der Waals surface area (Å²) in [5.41, 5.74) is 0. The number of unbranched alkanes of at least 4 members (excludes halogenated alkanes) is 5. The molecule has 15 heavy (non-hydrogen) atoms. The van der Waals surface area contributed by atoms with Crippen molar-refractivity contribution in [3.05, 3.63) is 0 Å². The molecule has 0 aromatic rings. The lowest BCUT2D eigenvalue weighted by molar-refractivity contribution is 0.569. The van der Waals surface area contributed by atoms with Crippen LogP contribution in [0.25, 0.3) is 0 Å². The Labute approximate surface area is 97.7 Å². The first-order chi connectivity index (χ1) is 7.18. The van der Waals surface area contributed by atoms with Crippen LogP contribution in [0, 0.1) is 0 Å². The Balaban J connectivity index is 3.08. The minimum absolute atomic E-state index is 0.282. The standard InChI is InChI=1S/C12H27NOS/c1-4-5-6-7-8-9-10-13-11-12(2)15(3)14/h12-13H,4-11H2,1-3H3. The van der Waals surface area contributed by atoms with E-state index in [0.717, 1.165) is 13.1 Å². The third-order valence-corrected chi connectivity index (χ3v) is 4.01. The molecule has 0 saturated carbocycles. The molecule has 0 fully saturated rings. The highest BCUT2D eigenvalue weighted by atomic mass is 32.2. The summed E-state index contributed by atoms with van der Waals surface area (Å²) in [6, 6.07) is 0. The lowest BCUT2D eigenvalue weighted by Crippen LogP contribution is -2.28. The van der Waals surface area contributed by atoms with Crippen LogP contribution in [-0.2, 0) is 10.8 Å². The molecule has 0 amide bonds. The Morgan fingerprint density at radius 3 is 2.33 bits per heavy atom. The van der Waals surface area contributed by atoms with Crippen LogP contribution >= 0.6 is 0 Å². The summed E-state index contributed by atoms with van der Waals surface area (Å²) >= 11 is 0. The van der Waals surface area contributed by atoms with Crippen molar-refractivity contribution in [3.63, 3.8) is 0 Å². The zero-order chi connectivity index (χ0) is 11.5. The van der Waals surface area contributed by atoms with Gasteiger partial charge in [-0.3, -0.25) is 4.21 Å². The van der Waals surface area contributed by atoms with Gasteiger partial charge in [0.1, 0.15) is 0 Å². The molecule has 92 valence electrons. The van der Waals surface area contributed by atoms with Crippen molar-refractivity contribution in [2.75, 3.05) is 19.3 Å². The van der Waals surface area contributed by atoms with Crippen LogP contribution in [0.2, 0.25) is 0 Å². The van der Waals surface area contributed by atoms with E-state index in [2.05, 4.69) is 12.2 Å². The van der Waals surface area contributed by atoms with Gasteiger partial charge in [0, 0.05) is 28.9 Å². The van der Waals surface area contributed by atoms with Crippen LogP contribution in [-0.4, -0.2) is 28.8 Å². The third-order valence-electron chi connectivity index (χ3n) is 2.71. The summed E-state index contributed by atoms with van der Waals surface area (Å²) in [6.45, 7) is 6.24. The normalized spacial score (nSPS) is 15.1. The zero-order valence-corrected chi connectivity index (χ0v) is 11.4. The maximum absolute atomic E-state index is 11.1. The molecule has 0 rings (SSSR count). The molecular formula is C12H27NOS. The van der Waals surface area contributed by atoms with Gasteiger partial charge in [-0.25, -0.2) is 0 Å². The van der Waals surface area contributed by atoms with E-state index in [9.17, 15) is 4.21 Å².